The van der Waals surface area contributed by atoms with Crippen molar-refractivity contribution in [1.29, 1.82) is 0 Å². The fourth-order valence-electron chi connectivity index (χ4n) is 2.63. The molecule has 1 amide bonds. The van der Waals surface area contributed by atoms with Gasteiger partial charge < -0.3 is 19.7 Å². The Kier molecular flexibility index (Phi) is 5.22. The van der Waals surface area contributed by atoms with Gasteiger partial charge in [-0.1, -0.05) is 6.07 Å². The number of nitrogens with one attached hydrogen (secondary N) is 1. The molecule has 1 aliphatic heterocycles. The molecule has 7 heteroatoms. The summed E-state index contributed by atoms with van der Waals surface area (Å²) >= 11 is 0. The number of hydrogen-bond donors (Lipinski definition) is 1. The van der Waals surface area contributed by atoms with Crippen LogP contribution in [0.5, 0.6) is 5.88 Å². The Bertz CT molecular complexity index is 702. The van der Waals surface area contributed by atoms with Crippen molar-refractivity contribution in [3.05, 3.63) is 47.8 Å². The first-order valence-electron chi connectivity index (χ1n) is 7.83. The van der Waals surface area contributed by atoms with Crippen LogP contribution in [0.25, 0.3) is 0 Å². The zero-order chi connectivity index (χ0) is 16.8. The summed E-state index contributed by atoms with van der Waals surface area (Å²) in [7, 11) is 1.50. The van der Waals surface area contributed by atoms with Crippen molar-refractivity contribution in [2.45, 2.75) is 6.54 Å². The fourth-order valence-corrected chi connectivity index (χ4v) is 2.63. The molecule has 3 rings (SSSR count). The zero-order valence-electron chi connectivity index (χ0n) is 13.6. The Morgan fingerprint density at radius 1 is 1.25 bits per heavy atom. The van der Waals surface area contributed by atoms with Gasteiger partial charge in [-0.2, -0.15) is 0 Å². The molecule has 0 saturated carbocycles. The fraction of sp³-hybridized carbons (Fsp3) is 0.353. The summed E-state index contributed by atoms with van der Waals surface area (Å²) in [4.78, 5) is 23.1. The molecule has 7 nitrogen and oxygen atoms in total. The monoisotopic (exact) mass is 328 g/mol. The number of rotatable bonds is 5. The van der Waals surface area contributed by atoms with Crippen LogP contribution in [0.3, 0.4) is 0 Å². The Hall–Kier alpha value is -2.67. The molecule has 0 atom stereocenters. The molecule has 3 heterocycles. The molecule has 0 spiro atoms. The first-order valence-corrected chi connectivity index (χ1v) is 7.83. The molecule has 0 unspecified atom stereocenters. The third kappa shape index (κ3) is 3.62. The lowest BCUT2D eigenvalue weighted by Gasteiger charge is -2.29. The van der Waals surface area contributed by atoms with Crippen molar-refractivity contribution < 1.29 is 14.3 Å². The normalized spacial score (nSPS) is 14.3. The minimum atomic E-state index is -0.225. The number of nitrogens with zero attached hydrogens (tertiary/aromatic N) is 3. The SMILES string of the molecule is COc1ncccc1C(=O)NCc1cccnc1N1CCOCC1. The molecule has 1 saturated heterocycles. The predicted octanol–water partition coefficient (Wildman–Crippen LogP) is 1.25. The highest BCUT2D eigenvalue weighted by atomic mass is 16.5. The van der Waals surface area contributed by atoms with E-state index < -0.39 is 0 Å². The maximum atomic E-state index is 12.4. The number of anilines is 1. The average Bonchev–Trinajstić information content (AvgIpc) is 2.67. The van der Waals surface area contributed by atoms with Crippen molar-refractivity contribution in [2.24, 2.45) is 0 Å². The van der Waals surface area contributed by atoms with Gasteiger partial charge >= 0.3 is 0 Å². The standard InChI is InChI=1S/C17H20N4O3/c1-23-17-14(5-3-7-19-17)16(22)20-12-13-4-2-6-18-15(13)21-8-10-24-11-9-21/h2-7H,8-12H2,1H3,(H,20,22). The van der Waals surface area contributed by atoms with E-state index in [9.17, 15) is 4.79 Å². The van der Waals surface area contributed by atoms with E-state index in [0.29, 0.717) is 31.2 Å². The van der Waals surface area contributed by atoms with Crippen LogP contribution in [0.15, 0.2) is 36.7 Å². The Labute approximate surface area is 140 Å². The summed E-state index contributed by atoms with van der Waals surface area (Å²) in [6, 6.07) is 7.24. The maximum Gasteiger partial charge on any atom is 0.257 e. The summed E-state index contributed by atoms with van der Waals surface area (Å²) in [5, 5.41) is 2.91. The van der Waals surface area contributed by atoms with E-state index in [2.05, 4.69) is 20.2 Å². The van der Waals surface area contributed by atoms with E-state index in [0.717, 1.165) is 24.5 Å². The smallest absolute Gasteiger partial charge is 0.257 e. The molecule has 2 aromatic heterocycles. The van der Waals surface area contributed by atoms with E-state index in [1.165, 1.54) is 7.11 Å². The molecular formula is C17H20N4O3. The summed E-state index contributed by atoms with van der Waals surface area (Å²) < 4.78 is 10.5. The minimum absolute atomic E-state index is 0.225. The maximum absolute atomic E-state index is 12.4. The predicted molar refractivity (Wildman–Crippen MR) is 89.2 cm³/mol. The molecule has 0 aromatic carbocycles. The first-order chi connectivity index (χ1) is 11.8. The first kappa shape index (κ1) is 16.2. The van der Waals surface area contributed by atoms with Crippen LogP contribution < -0.4 is 15.0 Å². The summed E-state index contributed by atoms with van der Waals surface area (Å²) in [6.45, 7) is 3.37. The Morgan fingerprint density at radius 2 is 2.00 bits per heavy atom. The highest BCUT2D eigenvalue weighted by Gasteiger charge is 2.17. The second kappa shape index (κ2) is 7.74. The third-order valence-electron chi connectivity index (χ3n) is 3.83. The van der Waals surface area contributed by atoms with Gasteiger partial charge in [-0.05, 0) is 18.2 Å². The van der Waals surface area contributed by atoms with Crippen LogP contribution in [0.4, 0.5) is 5.82 Å². The molecule has 24 heavy (non-hydrogen) atoms. The summed E-state index contributed by atoms with van der Waals surface area (Å²) in [6.07, 6.45) is 3.35. The van der Waals surface area contributed by atoms with Crippen LogP contribution in [0, 0.1) is 0 Å². The van der Waals surface area contributed by atoms with Gasteiger partial charge in [0.25, 0.3) is 5.91 Å². The number of morpholine rings is 1. The van der Waals surface area contributed by atoms with Gasteiger partial charge in [0.05, 0.1) is 20.3 Å². The van der Waals surface area contributed by atoms with E-state index in [4.69, 9.17) is 9.47 Å². The molecule has 0 radical (unpaired) electrons. The molecule has 2 aromatic rings. The van der Waals surface area contributed by atoms with E-state index in [1.807, 2.05) is 12.1 Å². The quantitative estimate of drug-likeness (QED) is 0.890. The number of pyridine rings is 2. The van der Waals surface area contributed by atoms with Crippen molar-refractivity contribution in [2.75, 3.05) is 38.3 Å². The Balaban J connectivity index is 1.71. The van der Waals surface area contributed by atoms with Crippen molar-refractivity contribution in [3.8, 4) is 5.88 Å². The van der Waals surface area contributed by atoms with Crippen LogP contribution in [0.2, 0.25) is 0 Å². The number of carbonyl (C=O) groups excluding carboxylic acids is 1. The van der Waals surface area contributed by atoms with Gasteiger partial charge in [0.2, 0.25) is 5.88 Å². The van der Waals surface area contributed by atoms with Gasteiger partial charge in [0.1, 0.15) is 11.4 Å². The number of aromatic nitrogens is 2. The molecule has 0 aliphatic carbocycles. The third-order valence-corrected chi connectivity index (χ3v) is 3.83. The average molecular weight is 328 g/mol. The number of carbonyl (C=O) groups is 1. The molecule has 0 bridgehead atoms. The van der Waals surface area contributed by atoms with Crippen LogP contribution >= 0.6 is 0 Å². The Morgan fingerprint density at radius 3 is 2.79 bits per heavy atom. The lowest BCUT2D eigenvalue weighted by molar-refractivity contribution is 0.0947. The van der Waals surface area contributed by atoms with Crippen LogP contribution in [-0.2, 0) is 11.3 Å². The van der Waals surface area contributed by atoms with Gasteiger partial charge in [0, 0.05) is 37.6 Å². The second-order valence-electron chi connectivity index (χ2n) is 5.33. The van der Waals surface area contributed by atoms with Gasteiger partial charge in [-0.25, -0.2) is 9.97 Å². The largest absolute Gasteiger partial charge is 0.480 e. The summed E-state index contributed by atoms with van der Waals surface area (Å²) in [5.41, 5.74) is 1.38. The van der Waals surface area contributed by atoms with Crippen molar-refractivity contribution in [3.63, 3.8) is 0 Å². The van der Waals surface area contributed by atoms with E-state index in [-0.39, 0.29) is 5.91 Å². The van der Waals surface area contributed by atoms with E-state index in [1.54, 1.807) is 24.5 Å². The van der Waals surface area contributed by atoms with Crippen molar-refractivity contribution >= 4 is 11.7 Å². The number of ether oxygens (including phenoxy) is 2. The lowest BCUT2D eigenvalue weighted by atomic mass is 10.2. The highest BCUT2D eigenvalue weighted by molar-refractivity contribution is 5.96. The van der Waals surface area contributed by atoms with Crippen LogP contribution in [-0.4, -0.2) is 49.3 Å². The zero-order valence-corrected chi connectivity index (χ0v) is 13.6. The lowest BCUT2D eigenvalue weighted by Crippen LogP contribution is -2.37. The van der Waals surface area contributed by atoms with E-state index >= 15 is 0 Å². The molecule has 1 fully saturated rings. The van der Waals surface area contributed by atoms with Gasteiger partial charge in [-0.3, -0.25) is 4.79 Å². The van der Waals surface area contributed by atoms with Crippen LogP contribution in [0.1, 0.15) is 15.9 Å². The number of methoxy groups -OCH3 is 1. The van der Waals surface area contributed by atoms with Crippen molar-refractivity contribution in [1.82, 2.24) is 15.3 Å². The highest BCUT2D eigenvalue weighted by Crippen LogP contribution is 2.19. The topological polar surface area (TPSA) is 76.6 Å². The molecular weight excluding hydrogens is 308 g/mol. The number of hydrogen-bond acceptors (Lipinski definition) is 6. The number of amides is 1. The minimum Gasteiger partial charge on any atom is -0.480 e. The summed E-state index contributed by atoms with van der Waals surface area (Å²) in [5.74, 6) is 0.977. The molecule has 126 valence electrons. The molecule has 1 aliphatic rings. The molecule has 1 N–H and O–H groups in total. The van der Waals surface area contributed by atoms with Gasteiger partial charge in [-0.15, -0.1) is 0 Å². The van der Waals surface area contributed by atoms with Gasteiger partial charge in [0.15, 0.2) is 0 Å². The second-order valence-corrected chi connectivity index (χ2v) is 5.33.